The number of nitrogens with one attached hydrogen (secondary N) is 5. The normalized spacial score (nSPS) is 26.4. The molecule has 13 N–H and O–H groups in total. The Hall–Kier alpha value is -5.82. The molecule has 2 aromatic rings. The highest BCUT2D eigenvalue weighted by molar-refractivity contribution is 5.94. The fraction of sp³-hybridized carbons (Fsp3) is 0.581. The van der Waals surface area contributed by atoms with Crippen LogP contribution < -0.4 is 31.5 Å². The maximum absolute atomic E-state index is 12.6. The lowest BCUT2D eigenvalue weighted by molar-refractivity contribution is -0.341. The molecule has 5 amide bonds. The van der Waals surface area contributed by atoms with Gasteiger partial charge >= 0.3 is 0 Å². The topological polar surface area (TPSA) is 394 Å². The van der Waals surface area contributed by atoms with Gasteiger partial charge < -0.3 is 96.1 Å². The third-order valence-electron chi connectivity index (χ3n) is 10.7. The van der Waals surface area contributed by atoms with Crippen LogP contribution in [0.15, 0.2) is 63.9 Å². The van der Waals surface area contributed by atoms with Crippen molar-refractivity contribution < 1.29 is 88.6 Å². The Bertz CT molecular complexity index is 2070. The van der Waals surface area contributed by atoms with Crippen molar-refractivity contribution >= 4 is 52.8 Å². The van der Waals surface area contributed by atoms with E-state index in [9.17, 15) is 64.8 Å². The van der Waals surface area contributed by atoms with E-state index in [1.54, 1.807) is 24.3 Å². The molecule has 4 rings (SSSR count). The zero-order valence-corrected chi connectivity index (χ0v) is 39.0. The maximum atomic E-state index is 12.6. The van der Waals surface area contributed by atoms with Crippen LogP contribution in [0, 0.1) is 0 Å². The molecule has 2 saturated heterocycles. The predicted molar refractivity (Wildman–Crippen MR) is 242 cm³/mol. The van der Waals surface area contributed by atoms with Crippen LogP contribution in [0.4, 0.5) is 17.1 Å². The molecule has 0 saturated carbocycles. The minimum Gasteiger partial charge on any atom is -0.394 e. The van der Waals surface area contributed by atoms with E-state index in [1.165, 1.54) is 0 Å². The number of nitrogens with zero attached hydrogens (tertiary/aromatic N) is 4. The molecule has 2 aliphatic heterocycles. The van der Waals surface area contributed by atoms with Crippen molar-refractivity contribution in [2.24, 2.45) is 15.4 Å². The van der Waals surface area contributed by atoms with E-state index in [-0.39, 0.29) is 13.1 Å². The number of amides is 5. The average Bonchev–Trinajstić information content (AvgIpc) is 3.33. The molecular weight excluding hydrogens is 931 g/mol. The number of benzene rings is 2. The SMILES string of the molecule is CC(=O)N[C@H]1[C@H](O[C@@H]([C@H](O)[C@H](/C=N/OCC(=O)NCCNC(=O)c2ccc(N=Nc3ccc(N(C)C)cc3)cc2)NC(C)=O)[C@H](O)CO)O[C@H](CO)[C@@H](O[C@@H]2O[C@H](CO)[C@@H](O)[C@H](O)[C@H]2NC(C)=O)[C@@H]1O. The Morgan fingerprint density at radius 3 is 1.84 bits per heavy atom. The number of hydrogen-bond acceptors (Lipinski definition) is 22. The van der Waals surface area contributed by atoms with Crippen molar-refractivity contribution in [3.8, 4) is 0 Å². The average molecular weight is 994 g/mol. The van der Waals surface area contributed by atoms with Gasteiger partial charge in [-0.2, -0.15) is 10.2 Å². The number of rotatable bonds is 24. The number of azo groups is 1. The molecule has 2 fully saturated rings. The summed E-state index contributed by atoms with van der Waals surface area (Å²) in [6, 6.07) is 9.15. The highest BCUT2D eigenvalue weighted by atomic mass is 16.7. The molecule has 388 valence electrons. The van der Waals surface area contributed by atoms with Gasteiger partial charge in [0.1, 0.15) is 67.0 Å². The molecule has 2 aliphatic rings. The van der Waals surface area contributed by atoms with Crippen LogP contribution in [0.3, 0.4) is 0 Å². The van der Waals surface area contributed by atoms with Gasteiger partial charge in [0.2, 0.25) is 17.7 Å². The molecule has 0 aliphatic carbocycles. The van der Waals surface area contributed by atoms with Crippen LogP contribution >= 0.6 is 0 Å². The zero-order valence-electron chi connectivity index (χ0n) is 39.0. The summed E-state index contributed by atoms with van der Waals surface area (Å²) in [5.41, 5.74) is 2.54. The van der Waals surface area contributed by atoms with Crippen LogP contribution in [0.2, 0.25) is 0 Å². The van der Waals surface area contributed by atoms with Crippen molar-refractivity contribution in [2.75, 3.05) is 58.5 Å². The first-order valence-electron chi connectivity index (χ1n) is 21.9. The van der Waals surface area contributed by atoms with Crippen LogP contribution in [0.5, 0.6) is 0 Å². The molecule has 0 unspecified atom stereocenters. The number of carbonyl (C=O) groups excluding carboxylic acids is 5. The Balaban J connectivity index is 1.35. The highest BCUT2D eigenvalue weighted by Gasteiger charge is 2.53. The first-order valence-corrected chi connectivity index (χ1v) is 21.9. The van der Waals surface area contributed by atoms with E-state index in [2.05, 4.69) is 42.0 Å². The van der Waals surface area contributed by atoms with Gasteiger partial charge in [0.05, 0.1) is 43.5 Å². The predicted octanol–water partition coefficient (Wildman–Crippen LogP) is -4.47. The Morgan fingerprint density at radius 1 is 0.743 bits per heavy atom. The molecule has 0 spiro atoms. The van der Waals surface area contributed by atoms with Crippen LogP contribution in [0.1, 0.15) is 31.1 Å². The largest absolute Gasteiger partial charge is 0.394 e. The molecule has 2 heterocycles. The summed E-state index contributed by atoms with van der Waals surface area (Å²) < 4.78 is 23.2. The number of aliphatic hydroxyl groups is 8. The molecule has 14 atom stereocenters. The summed E-state index contributed by atoms with van der Waals surface area (Å²) in [6.07, 6.45) is -18.7. The van der Waals surface area contributed by atoms with Crippen molar-refractivity contribution in [1.29, 1.82) is 0 Å². The fourth-order valence-corrected chi connectivity index (χ4v) is 7.14. The minimum absolute atomic E-state index is 0.00727. The number of aliphatic hydroxyl groups excluding tert-OH is 8. The Kier molecular flexibility index (Phi) is 22.3. The third kappa shape index (κ3) is 16.4. The van der Waals surface area contributed by atoms with Gasteiger partial charge in [-0.25, -0.2) is 0 Å². The number of anilines is 1. The van der Waals surface area contributed by atoms with Gasteiger partial charge in [-0.3, -0.25) is 24.0 Å². The quantitative estimate of drug-likeness (QED) is 0.0204. The highest BCUT2D eigenvalue weighted by Crippen LogP contribution is 2.31. The van der Waals surface area contributed by atoms with Gasteiger partial charge in [-0.1, -0.05) is 5.16 Å². The van der Waals surface area contributed by atoms with E-state index in [1.807, 2.05) is 43.3 Å². The van der Waals surface area contributed by atoms with E-state index in [4.69, 9.17) is 23.8 Å². The second kappa shape index (κ2) is 27.5. The molecule has 0 radical (unpaired) electrons. The number of carbonyl (C=O) groups is 5. The zero-order chi connectivity index (χ0) is 51.7. The second-order valence-corrected chi connectivity index (χ2v) is 16.3. The summed E-state index contributed by atoms with van der Waals surface area (Å²) in [5.74, 6) is -3.29. The van der Waals surface area contributed by atoms with Gasteiger partial charge in [0, 0.05) is 59.2 Å². The standard InChI is InChI=1S/C43H63N9O18/c1-21(56)47-28(16-46-66-20-32(60)44-14-15-45-41(65)24-6-8-25(9-7-24)50-51-26-10-12-27(13-11-26)52(4)5)35(61)39(29(59)17-53)69-43-34(49-23(3)58)38(64)40(31(19-55)68-43)70-42-33(48-22(2)57)37(63)36(62)30(18-54)67-42/h6-13,16,28-31,33-40,42-43,53-55,59,61-64H,14-15,17-20H2,1-5H3,(H,44,60)(H,45,65)(H,47,56)(H,48,57)(H,49,58)/b46-16+,51-50?/t28-,29+,30+,31+,33+,34+,35+,36+,37+,38+,39+,40+,42-,43-/m0/s1. The molecule has 70 heavy (non-hydrogen) atoms. The summed E-state index contributed by atoms with van der Waals surface area (Å²) in [4.78, 5) is 68.7. The lowest BCUT2D eigenvalue weighted by Crippen LogP contribution is -2.70. The van der Waals surface area contributed by atoms with Crippen LogP contribution in [-0.4, -0.2) is 216 Å². The Labute approximate surface area is 401 Å². The lowest BCUT2D eigenvalue weighted by Gasteiger charge is -2.48. The number of ether oxygens (including phenoxy) is 4. The fourth-order valence-electron chi connectivity index (χ4n) is 7.14. The minimum atomic E-state index is -2.03. The third-order valence-corrected chi connectivity index (χ3v) is 10.7. The van der Waals surface area contributed by atoms with Crippen molar-refractivity contribution in [2.45, 2.75) is 106 Å². The van der Waals surface area contributed by atoms with Gasteiger partial charge in [-0.05, 0) is 48.5 Å². The number of hydrogen-bond donors (Lipinski definition) is 13. The number of oxime groups is 1. The van der Waals surface area contributed by atoms with Gasteiger partial charge in [-0.15, -0.1) is 0 Å². The van der Waals surface area contributed by atoms with Crippen molar-refractivity contribution in [3.05, 3.63) is 54.1 Å². The summed E-state index contributed by atoms with van der Waals surface area (Å²) in [7, 11) is 3.86. The van der Waals surface area contributed by atoms with Crippen LogP contribution in [-0.2, 0) is 43.0 Å². The lowest BCUT2D eigenvalue weighted by atomic mass is 9.94. The smallest absolute Gasteiger partial charge is 0.260 e. The summed E-state index contributed by atoms with van der Waals surface area (Å²) in [6.45, 7) is -0.225. The molecule has 2 aromatic carbocycles. The Morgan fingerprint density at radius 2 is 1.30 bits per heavy atom. The van der Waals surface area contributed by atoms with Crippen molar-refractivity contribution in [3.63, 3.8) is 0 Å². The van der Waals surface area contributed by atoms with Gasteiger partial charge in [0.25, 0.3) is 11.8 Å². The van der Waals surface area contributed by atoms with E-state index >= 15 is 0 Å². The molecule has 27 nitrogen and oxygen atoms in total. The van der Waals surface area contributed by atoms with E-state index in [0.717, 1.165) is 32.7 Å². The first kappa shape index (κ1) is 56.8. The molecule has 0 bridgehead atoms. The second-order valence-electron chi connectivity index (χ2n) is 16.3. The van der Waals surface area contributed by atoms with Gasteiger partial charge in [0.15, 0.2) is 19.2 Å². The maximum Gasteiger partial charge on any atom is 0.260 e. The van der Waals surface area contributed by atoms with Crippen LogP contribution in [0.25, 0.3) is 0 Å². The van der Waals surface area contributed by atoms with E-state index in [0.29, 0.717) is 16.9 Å². The molecular formula is C43H63N9O18. The molecule has 0 aromatic heterocycles. The summed E-state index contributed by atoms with van der Waals surface area (Å²) in [5, 5.41) is 109. The van der Waals surface area contributed by atoms with E-state index < -0.39 is 142 Å². The molecule has 27 heteroatoms. The first-order chi connectivity index (χ1) is 33.3. The summed E-state index contributed by atoms with van der Waals surface area (Å²) >= 11 is 0. The monoisotopic (exact) mass is 993 g/mol. The van der Waals surface area contributed by atoms with Crippen molar-refractivity contribution in [1.82, 2.24) is 26.6 Å².